The molecule has 2 saturated heterocycles. The summed E-state index contributed by atoms with van der Waals surface area (Å²) in [5.41, 5.74) is 1.45. The van der Waals surface area contributed by atoms with Gasteiger partial charge in [-0.1, -0.05) is 6.42 Å². The molecule has 0 bridgehead atoms. The Kier molecular flexibility index (Phi) is 12.1. The third-order valence-corrected chi connectivity index (χ3v) is 7.00. The number of ether oxygens (including phenoxy) is 1. The molecule has 220 valence electrons. The molecule has 0 saturated carbocycles. The molecule has 2 fully saturated rings. The predicted molar refractivity (Wildman–Crippen MR) is 144 cm³/mol. The van der Waals surface area contributed by atoms with Crippen LogP contribution in [-0.2, 0) is 4.79 Å². The van der Waals surface area contributed by atoms with Crippen LogP contribution in [0, 0.1) is 0 Å². The fraction of sp³-hybridized carbons (Fsp3) is 0.571. The summed E-state index contributed by atoms with van der Waals surface area (Å²) in [5, 5.41) is 10.5. The number of aliphatic carboxylic acids is 1. The van der Waals surface area contributed by atoms with Crippen LogP contribution in [0.5, 0.6) is 5.75 Å². The largest absolute Gasteiger partial charge is 0.494 e. The fourth-order valence-electron chi connectivity index (χ4n) is 4.71. The summed E-state index contributed by atoms with van der Waals surface area (Å²) in [6, 6.07) is 8.14. The SMILES string of the molecule is CN(C(=O)c1cnc(-c2ccc(OCCCN3CCCCC3)cc2)nc1)C1CCCNCC1.O=C(O)C(F)(F)F. The number of nitrogens with zero attached hydrogens (tertiary/aromatic N) is 4. The van der Waals surface area contributed by atoms with Gasteiger partial charge in [0.25, 0.3) is 5.91 Å². The van der Waals surface area contributed by atoms with E-state index < -0.39 is 12.1 Å². The first kappa shape index (κ1) is 31.3. The number of halogens is 3. The van der Waals surface area contributed by atoms with Gasteiger partial charge in [0.2, 0.25) is 0 Å². The molecule has 12 heteroatoms. The number of hydrogen-bond donors (Lipinski definition) is 2. The number of likely N-dealkylation sites (tertiary alicyclic amines) is 1. The number of carboxylic acid groups (broad SMARTS) is 1. The second kappa shape index (κ2) is 15.5. The summed E-state index contributed by atoms with van der Waals surface area (Å²) >= 11 is 0. The van der Waals surface area contributed by atoms with E-state index in [9.17, 15) is 18.0 Å². The van der Waals surface area contributed by atoms with Crippen molar-refractivity contribution in [3.63, 3.8) is 0 Å². The smallest absolute Gasteiger partial charge is 0.490 e. The molecule has 1 atom stereocenters. The van der Waals surface area contributed by atoms with Gasteiger partial charge in [-0.2, -0.15) is 13.2 Å². The van der Waals surface area contributed by atoms with Crippen LogP contribution in [0.15, 0.2) is 36.7 Å². The molecule has 0 spiro atoms. The van der Waals surface area contributed by atoms with E-state index in [-0.39, 0.29) is 11.9 Å². The van der Waals surface area contributed by atoms with Crippen molar-refractivity contribution in [1.82, 2.24) is 25.1 Å². The summed E-state index contributed by atoms with van der Waals surface area (Å²) in [6.07, 6.45) is 6.37. The normalized spacial score (nSPS) is 18.1. The molecule has 2 aliphatic rings. The maximum atomic E-state index is 12.9. The van der Waals surface area contributed by atoms with Crippen molar-refractivity contribution in [3.8, 4) is 17.1 Å². The van der Waals surface area contributed by atoms with Gasteiger partial charge in [-0.05, 0) is 89.0 Å². The maximum absolute atomic E-state index is 12.9. The maximum Gasteiger partial charge on any atom is 0.490 e. The van der Waals surface area contributed by atoms with E-state index in [0.29, 0.717) is 11.4 Å². The van der Waals surface area contributed by atoms with Crippen LogP contribution < -0.4 is 10.1 Å². The zero-order chi connectivity index (χ0) is 29.0. The molecule has 2 N–H and O–H groups in total. The predicted octanol–water partition coefficient (Wildman–Crippen LogP) is 4.25. The highest BCUT2D eigenvalue weighted by atomic mass is 19.4. The van der Waals surface area contributed by atoms with E-state index in [2.05, 4.69) is 20.2 Å². The number of carboxylic acids is 1. The highest BCUT2D eigenvalue weighted by Gasteiger charge is 2.38. The molecule has 1 aromatic heterocycles. The van der Waals surface area contributed by atoms with E-state index >= 15 is 0 Å². The number of rotatable bonds is 8. The van der Waals surface area contributed by atoms with E-state index in [0.717, 1.165) is 63.2 Å². The quantitative estimate of drug-likeness (QED) is 0.458. The van der Waals surface area contributed by atoms with E-state index in [1.807, 2.05) is 36.2 Å². The number of carbonyl (C=O) groups excluding carboxylic acids is 1. The van der Waals surface area contributed by atoms with Crippen molar-refractivity contribution in [3.05, 3.63) is 42.2 Å². The molecule has 1 aromatic carbocycles. The average molecular weight is 566 g/mol. The first-order valence-electron chi connectivity index (χ1n) is 13.7. The topological polar surface area (TPSA) is 108 Å². The zero-order valence-electron chi connectivity index (χ0n) is 22.8. The molecule has 1 unspecified atom stereocenters. The van der Waals surface area contributed by atoms with Crippen LogP contribution in [0.1, 0.15) is 55.3 Å². The minimum absolute atomic E-state index is 0.0123. The Morgan fingerprint density at radius 2 is 1.70 bits per heavy atom. The lowest BCUT2D eigenvalue weighted by molar-refractivity contribution is -0.192. The van der Waals surface area contributed by atoms with E-state index in [4.69, 9.17) is 14.6 Å². The zero-order valence-corrected chi connectivity index (χ0v) is 22.8. The Bertz CT molecular complexity index is 1050. The van der Waals surface area contributed by atoms with Crippen LogP contribution >= 0.6 is 0 Å². The van der Waals surface area contributed by atoms with Crippen molar-refractivity contribution >= 4 is 11.9 Å². The lowest BCUT2D eigenvalue weighted by atomic mass is 10.1. The van der Waals surface area contributed by atoms with Gasteiger partial charge in [0, 0.05) is 37.6 Å². The number of amides is 1. The first-order valence-corrected chi connectivity index (χ1v) is 13.7. The van der Waals surface area contributed by atoms with Gasteiger partial charge < -0.3 is 25.0 Å². The molecule has 2 aromatic rings. The second-order valence-corrected chi connectivity index (χ2v) is 9.98. The molecule has 4 rings (SSSR count). The monoisotopic (exact) mass is 565 g/mol. The van der Waals surface area contributed by atoms with Crippen molar-refractivity contribution in [2.45, 2.75) is 57.2 Å². The van der Waals surface area contributed by atoms with Crippen LogP contribution in [0.4, 0.5) is 13.2 Å². The van der Waals surface area contributed by atoms with Gasteiger partial charge in [-0.3, -0.25) is 4.79 Å². The number of hydrogen-bond acceptors (Lipinski definition) is 7. The van der Waals surface area contributed by atoms with Gasteiger partial charge in [0.1, 0.15) is 5.75 Å². The van der Waals surface area contributed by atoms with Crippen molar-refractivity contribution < 1.29 is 32.6 Å². The summed E-state index contributed by atoms with van der Waals surface area (Å²) in [5.74, 6) is -1.29. The first-order chi connectivity index (χ1) is 19.1. The van der Waals surface area contributed by atoms with Crippen LogP contribution in [0.25, 0.3) is 11.4 Å². The molecule has 1 amide bonds. The average Bonchev–Trinajstić information content (AvgIpc) is 3.25. The number of piperidine rings is 1. The molecule has 0 aliphatic carbocycles. The molecule has 0 radical (unpaired) electrons. The molecule has 40 heavy (non-hydrogen) atoms. The van der Waals surface area contributed by atoms with Gasteiger partial charge in [-0.25, -0.2) is 14.8 Å². The van der Waals surface area contributed by atoms with E-state index in [1.165, 1.54) is 32.4 Å². The lowest BCUT2D eigenvalue weighted by Crippen LogP contribution is -2.37. The molecule has 3 heterocycles. The third-order valence-electron chi connectivity index (χ3n) is 7.00. The standard InChI is InChI=1S/C26H37N5O2.C2HF3O2/c1-30(23-7-5-13-27-14-12-23)26(32)22-19-28-25(29-20-22)21-8-10-24(11-9-21)33-18-6-17-31-15-3-2-4-16-31;3-2(4,5)1(6)7/h8-11,19-20,23,27H,2-7,12-18H2,1H3;(H,6,7). The van der Waals surface area contributed by atoms with Crippen molar-refractivity contribution in [2.75, 3.05) is 46.4 Å². The number of aromatic nitrogens is 2. The Labute approximate surface area is 232 Å². The summed E-state index contributed by atoms with van der Waals surface area (Å²) < 4.78 is 37.6. The minimum atomic E-state index is -5.08. The highest BCUT2D eigenvalue weighted by molar-refractivity contribution is 5.93. The Hall–Kier alpha value is -3.25. The van der Waals surface area contributed by atoms with E-state index in [1.54, 1.807) is 12.4 Å². The number of alkyl halides is 3. The van der Waals surface area contributed by atoms with Crippen LogP contribution in [0.2, 0.25) is 0 Å². The number of carbonyl (C=O) groups is 2. The van der Waals surface area contributed by atoms with Crippen LogP contribution in [0.3, 0.4) is 0 Å². The summed E-state index contributed by atoms with van der Waals surface area (Å²) in [4.78, 5) is 35.1. The van der Waals surface area contributed by atoms with Gasteiger partial charge in [-0.15, -0.1) is 0 Å². The van der Waals surface area contributed by atoms with Gasteiger partial charge in [0.05, 0.1) is 12.2 Å². The lowest BCUT2D eigenvalue weighted by Gasteiger charge is -2.26. The van der Waals surface area contributed by atoms with Crippen molar-refractivity contribution in [2.24, 2.45) is 0 Å². The Balaban J connectivity index is 0.000000559. The molecule has 9 nitrogen and oxygen atoms in total. The summed E-state index contributed by atoms with van der Waals surface area (Å²) in [6.45, 7) is 6.28. The molecular weight excluding hydrogens is 527 g/mol. The van der Waals surface area contributed by atoms with Crippen molar-refractivity contribution in [1.29, 1.82) is 0 Å². The Morgan fingerprint density at radius 1 is 1.05 bits per heavy atom. The van der Waals surface area contributed by atoms with Gasteiger partial charge in [0.15, 0.2) is 5.82 Å². The number of nitrogens with one attached hydrogen (secondary N) is 1. The van der Waals surface area contributed by atoms with Crippen LogP contribution in [-0.4, -0.2) is 95.3 Å². The fourth-order valence-corrected chi connectivity index (χ4v) is 4.71. The molecule has 2 aliphatic heterocycles. The third kappa shape index (κ3) is 10.1. The minimum Gasteiger partial charge on any atom is -0.494 e. The molecular formula is C28H38F3N5O4. The van der Waals surface area contributed by atoms with Gasteiger partial charge >= 0.3 is 12.1 Å². The second-order valence-electron chi connectivity index (χ2n) is 9.98. The summed E-state index contributed by atoms with van der Waals surface area (Å²) in [7, 11) is 1.89. The highest BCUT2D eigenvalue weighted by Crippen LogP contribution is 2.21. The number of benzene rings is 1. The Morgan fingerprint density at radius 3 is 2.33 bits per heavy atom.